The van der Waals surface area contributed by atoms with Crippen LogP contribution in [0.5, 0.6) is 5.75 Å². The second-order valence-corrected chi connectivity index (χ2v) is 6.19. The zero-order valence-electron chi connectivity index (χ0n) is 12.7. The molecule has 24 heavy (non-hydrogen) atoms. The van der Waals surface area contributed by atoms with Crippen LogP contribution in [0.2, 0.25) is 0 Å². The number of fused-ring (bicyclic) bond motifs is 1. The molecule has 3 aromatic rings. The smallest absolute Gasteiger partial charge is 0.181 e. The van der Waals surface area contributed by atoms with Crippen LogP contribution >= 0.6 is 11.3 Å². The van der Waals surface area contributed by atoms with Crippen LogP contribution in [0.1, 0.15) is 11.1 Å². The molecule has 0 spiro atoms. The van der Waals surface area contributed by atoms with E-state index in [0.29, 0.717) is 22.6 Å². The van der Waals surface area contributed by atoms with Gasteiger partial charge in [0.05, 0.1) is 4.70 Å². The van der Waals surface area contributed by atoms with Crippen molar-refractivity contribution < 1.29 is 9.90 Å². The molecular formula is C19H14N2O2S. The minimum absolute atomic E-state index is 0.0102. The monoisotopic (exact) mass is 334 g/mol. The van der Waals surface area contributed by atoms with Gasteiger partial charge in [-0.15, -0.1) is 0 Å². The van der Waals surface area contributed by atoms with Crippen LogP contribution in [0.15, 0.2) is 54.6 Å². The molecule has 0 saturated carbocycles. The molecule has 0 amide bonds. The minimum atomic E-state index is -0.0102. The van der Waals surface area contributed by atoms with Gasteiger partial charge in [0.25, 0.3) is 0 Å². The third kappa shape index (κ3) is 3.80. The number of phenols is 1. The number of nitrogens with two attached hydrogens (primary N) is 1. The Bertz CT molecular complexity index is 979. The van der Waals surface area contributed by atoms with E-state index in [4.69, 9.17) is 5.73 Å². The first-order chi connectivity index (χ1) is 11.6. The number of allylic oxidation sites excluding steroid dienone is 2. The van der Waals surface area contributed by atoms with Crippen molar-refractivity contribution >= 4 is 32.5 Å². The summed E-state index contributed by atoms with van der Waals surface area (Å²) < 4.78 is 0.779. The molecule has 0 atom stereocenters. The first-order valence-corrected chi connectivity index (χ1v) is 8.07. The molecule has 5 heteroatoms. The number of aromatic hydroxyl groups is 1. The van der Waals surface area contributed by atoms with Gasteiger partial charge in [0, 0.05) is 12.0 Å². The third-order valence-corrected chi connectivity index (χ3v) is 4.11. The van der Waals surface area contributed by atoms with E-state index >= 15 is 0 Å². The van der Waals surface area contributed by atoms with Gasteiger partial charge in [0.15, 0.2) is 10.9 Å². The number of phenolic OH excluding ortho intramolecular Hbond substituents is 1. The number of hydrogen-bond donors (Lipinski definition) is 2. The molecule has 0 radical (unpaired) electrons. The first-order valence-electron chi connectivity index (χ1n) is 7.26. The van der Waals surface area contributed by atoms with E-state index in [1.807, 2.05) is 36.4 Å². The van der Waals surface area contributed by atoms with E-state index in [1.165, 1.54) is 29.6 Å². The highest BCUT2D eigenvalue weighted by molar-refractivity contribution is 7.22. The largest absolute Gasteiger partial charge is 0.506 e. The first kappa shape index (κ1) is 15.8. The number of carbonyl (C=O) groups is 1. The number of anilines is 1. The number of hydrogen-bond acceptors (Lipinski definition) is 5. The molecule has 0 aliphatic heterocycles. The molecule has 0 unspecified atom stereocenters. The molecule has 1 heterocycles. The fourth-order valence-corrected chi connectivity index (χ4v) is 3.01. The van der Waals surface area contributed by atoms with Crippen LogP contribution in [-0.4, -0.2) is 15.9 Å². The molecular weight excluding hydrogens is 320 g/mol. The Labute approximate surface area is 143 Å². The number of aromatic nitrogens is 1. The molecule has 2 aromatic carbocycles. The van der Waals surface area contributed by atoms with Gasteiger partial charge in [-0.2, -0.15) is 0 Å². The quantitative estimate of drug-likeness (QED) is 0.569. The third-order valence-electron chi connectivity index (χ3n) is 3.28. The molecule has 3 N–H and O–H groups in total. The summed E-state index contributed by atoms with van der Waals surface area (Å²) in [7, 11) is 0. The summed E-state index contributed by atoms with van der Waals surface area (Å²) in [5.41, 5.74) is 7.74. The Hall–Kier alpha value is -3.10. The molecule has 4 nitrogen and oxygen atoms in total. The van der Waals surface area contributed by atoms with E-state index in [0.717, 1.165) is 10.3 Å². The number of nitrogen functional groups attached to an aromatic ring is 1. The van der Waals surface area contributed by atoms with Crippen LogP contribution < -0.4 is 5.73 Å². The highest BCUT2D eigenvalue weighted by Gasteiger charge is 2.07. The zero-order valence-corrected chi connectivity index (χ0v) is 13.5. The van der Waals surface area contributed by atoms with Gasteiger partial charge in [0.1, 0.15) is 11.3 Å². The number of rotatable bonds is 3. The molecule has 0 aliphatic rings. The number of benzene rings is 2. The van der Waals surface area contributed by atoms with Gasteiger partial charge in [-0.3, -0.25) is 4.79 Å². The number of thiazole rings is 1. The fourth-order valence-electron chi connectivity index (χ4n) is 2.22. The summed E-state index contributed by atoms with van der Waals surface area (Å²) in [5, 5.41) is 10.3. The normalized spacial score (nSPS) is 10.7. The number of ketones is 1. The number of nitrogens with zero attached hydrogens (tertiary/aromatic N) is 1. The lowest BCUT2D eigenvalue weighted by atomic mass is 10.1. The van der Waals surface area contributed by atoms with Gasteiger partial charge in [-0.1, -0.05) is 53.5 Å². The highest BCUT2D eigenvalue weighted by atomic mass is 32.1. The Morgan fingerprint density at radius 3 is 2.88 bits per heavy atom. The molecule has 0 fully saturated rings. The predicted molar refractivity (Wildman–Crippen MR) is 96.9 cm³/mol. The van der Waals surface area contributed by atoms with E-state index in [9.17, 15) is 9.90 Å². The lowest BCUT2D eigenvalue weighted by molar-refractivity contribution is -0.114. The summed E-state index contributed by atoms with van der Waals surface area (Å²) in [6, 6.07) is 12.9. The zero-order chi connectivity index (χ0) is 16.9. The van der Waals surface area contributed by atoms with Crippen LogP contribution in [0, 0.1) is 11.8 Å². The van der Waals surface area contributed by atoms with Crippen molar-refractivity contribution in [2.75, 3.05) is 5.73 Å². The maximum absolute atomic E-state index is 11.8. The highest BCUT2D eigenvalue weighted by Crippen LogP contribution is 2.31. The second-order valence-electron chi connectivity index (χ2n) is 5.13. The van der Waals surface area contributed by atoms with Gasteiger partial charge in [-0.05, 0) is 29.8 Å². The van der Waals surface area contributed by atoms with Crippen LogP contribution in [0.25, 0.3) is 10.2 Å². The van der Waals surface area contributed by atoms with Crippen molar-refractivity contribution in [3.05, 3.63) is 65.7 Å². The summed E-state index contributed by atoms with van der Waals surface area (Å²) in [5.74, 6) is 5.74. The Morgan fingerprint density at radius 1 is 1.29 bits per heavy atom. The lowest BCUT2D eigenvalue weighted by Crippen LogP contribution is -1.97. The molecule has 0 saturated heterocycles. The van der Waals surface area contributed by atoms with E-state index < -0.39 is 0 Å². The van der Waals surface area contributed by atoms with E-state index in [2.05, 4.69) is 16.8 Å². The summed E-state index contributed by atoms with van der Waals surface area (Å²) in [4.78, 5) is 15.9. The Morgan fingerprint density at radius 2 is 2.08 bits per heavy atom. The summed E-state index contributed by atoms with van der Waals surface area (Å²) in [6.07, 6.45) is 3.34. The second kappa shape index (κ2) is 6.99. The lowest BCUT2D eigenvalue weighted by Gasteiger charge is -1.95. The molecule has 3 rings (SSSR count). The van der Waals surface area contributed by atoms with Gasteiger partial charge in [0.2, 0.25) is 0 Å². The van der Waals surface area contributed by atoms with Crippen LogP contribution in [0.3, 0.4) is 0 Å². The van der Waals surface area contributed by atoms with Crippen LogP contribution in [-0.2, 0) is 11.2 Å². The Kier molecular flexibility index (Phi) is 4.59. The van der Waals surface area contributed by atoms with Gasteiger partial charge in [-0.25, -0.2) is 4.98 Å². The van der Waals surface area contributed by atoms with Gasteiger partial charge >= 0.3 is 0 Å². The van der Waals surface area contributed by atoms with E-state index in [1.54, 1.807) is 0 Å². The van der Waals surface area contributed by atoms with Crippen molar-refractivity contribution in [1.82, 2.24) is 4.98 Å². The predicted octanol–water partition coefficient (Wildman–Crippen LogP) is 3.30. The van der Waals surface area contributed by atoms with Gasteiger partial charge < -0.3 is 10.8 Å². The standard InChI is InChI=1S/C19H14N2O2S/c20-19-21-18-16(23)11-14(12-17(18)24-19)8-4-5-9-15(22)10-13-6-2-1-3-7-13/h1-3,5-7,9,11-12,23H,10H2,(H2,20,21)/b9-5+. The average molecular weight is 334 g/mol. The Balaban J connectivity index is 1.70. The SMILES string of the molecule is Nc1nc2c(O)cc(C#C/C=C/C(=O)Cc3ccccc3)cc2s1. The van der Waals surface area contributed by atoms with Crippen molar-refractivity contribution in [3.63, 3.8) is 0 Å². The number of carbonyl (C=O) groups excluding carboxylic acids is 1. The van der Waals surface area contributed by atoms with Crippen LogP contribution in [0.4, 0.5) is 5.13 Å². The molecule has 118 valence electrons. The van der Waals surface area contributed by atoms with Crippen molar-refractivity contribution in [3.8, 4) is 17.6 Å². The summed E-state index contributed by atoms with van der Waals surface area (Å²) >= 11 is 1.29. The maximum atomic E-state index is 11.8. The summed E-state index contributed by atoms with van der Waals surface area (Å²) in [6.45, 7) is 0. The topological polar surface area (TPSA) is 76.2 Å². The van der Waals surface area contributed by atoms with Crippen molar-refractivity contribution in [2.45, 2.75) is 6.42 Å². The fraction of sp³-hybridized carbons (Fsp3) is 0.0526. The molecule has 1 aromatic heterocycles. The van der Waals surface area contributed by atoms with Crippen molar-refractivity contribution in [2.24, 2.45) is 0 Å². The molecule has 0 bridgehead atoms. The average Bonchev–Trinajstić information content (AvgIpc) is 2.93. The maximum Gasteiger partial charge on any atom is 0.181 e. The molecule has 0 aliphatic carbocycles. The minimum Gasteiger partial charge on any atom is -0.506 e. The van der Waals surface area contributed by atoms with Crippen molar-refractivity contribution in [1.29, 1.82) is 0 Å². The van der Waals surface area contributed by atoms with E-state index in [-0.39, 0.29) is 11.5 Å².